The summed E-state index contributed by atoms with van der Waals surface area (Å²) in [4.78, 5) is 4.92. The van der Waals surface area contributed by atoms with Crippen molar-refractivity contribution in [2.24, 2.45) is 0 Å². The zero-order valence-corrected chi connectivity index (χ0v) is 18.7. The topological polar surface area (TPSA) is 50.7 Å². The van der Waals surface area contributed by atoms with Gasteiger partial charge in [0.2, 0.25) is 0 Å². The number of alkyl halides is 3. The summed E-state index contributed by atoms with van der Waals surface area (Å²) in [6.07, 6.45) is -2.98. The highest BCUT2D eigenvalue weighted by Gasteiger charge is 2.31. The predicted octanol–water partition coefficient (Wildman–Crippen LogP) is 6.68. The van der Waals surface area contributed by atoms with Crippen LogP contribution in [0, 0.1) is 0 Å². The Hall–Kier alpha value is -1.84. The summed E-state index contributed by atoms with van der Waals surface area (Å²) in [5, 5.41) is 13.4. The van der Waals surface area contributed by atoms with Gasteiger partial charge in [-0.15, -0.1) is 33.3 Å². The molecule has 0 aliphatic rings. The smallest absolute Gasteiger partial charge is 0.369 e. The third-order valence-corrected chi connectivity index (χ3v) is 6.85. The van der Waals surface area contributed by atoms with Crippen molar-refractivity contribution in [2.45, 2.75) is 43.0 Å². The molecule has 10 heteroatoms. The summed E-state index contributed by atoms with van der Waals surface area (Å²) in [7, 11) is 0. The van der Waals surface area contributed by atoms with Crippen molar-refractivity contribution in [3.05, 3.63) is 62.7 Å². The average molecular weight is 473 g/mol. The highest BCUT2D eigenvalue weighted by molar-refractivity contribution is 7.98. The van der Waals surface area contributed by atoms with Crippen LogP contribution in [0.15, 0.2) is 41.4 Å². The van der Waals surface area contributed by atoms with E-state index in [0.29, 0.717) is 18.9 Å². The minimum atomic E-state index is -4.46. The molecular formula is C20H20ClF3N4S2. The number of thioether (sulfide) groups is 1. The molecule has 3 rings (SSSR count). The molecule has 0 amide bonds. The van der Waals surface area contributed by atoms with Crippen LogP contribution >= 0.6 is 34.7 Å². The Morgan fingerprint density at radius 3 is 2.50 bits per heavy atom. The Bertz CT molecular complexity index is 975. The van der Waals surface area contributed by atoms with Gasteiger partial charge in [0.05, 0.1) is 16.3 Å². The van der Waals surface area contributed by atoms with Gasteiger partial charge in [-0.1, -0.05) is 37.6 Å². The van der Waals surface area contributed by atoms with E-state index in [-0.39, 0.29) is 10.8 Å². The molecule has 0 atom stereocenters. The second kappa shape index (κ2) is 9.98. The number of pyridine rings is 1. The van der Waals surface area contributed by atoms with E-state index in [9.17, 15) is 13.2 Å². The fourth-order valence-electron chi connectivity index (χ4n) is 2.50. The SMILES string of the molecule is CC(C)c1nnc(CSc2ccc(CCNc3ncc(C(F)(F)F)cc3Cl)cc2)s1. The Kier molecular flexibility index (Phi) is 7.60. The summed E-state index contributed by atoms with van der Waals surface area (Å²) in [5.41, 5.74) is 0.244. The number of nitrogens with zero attached hydrogens (tertiary/aromatic N) is 3. The number of hydrogen-bond acceptors (Lipinski definition) is 6. The molecule has 160 valence electrons. The van der Waals surface area contributed by atoms with Crippen molar-refractivity contribution < 1.29 is 13.2 Å². The molecule has 0 bridgehead atoms. The molecule has 0 unspecified atom stereocenters. The lowest BCUT2D eigenvalue weighted by atomic mass is 10.1. The van der Waals surface area contributed by atoms with E-state index in [1.54, 1.807) is 23.1 Å². The number of rotatable bonds is 8. The van der Waals surface area contributed by atoms with Crippen molar-refractivity contribution in [2.75, 3.05) is 11.9 Å². The Balaban J connectivity index is 1.47. The van der Waals surface area contributed by atoms with Gasteiger partial charge in [0.15, 0.2) is 0 Å². The summed E-state index contributed by atoms with van der Waals surface area (Å²) >= 11 is 9.26. The molecule has 2 heterocycles. The standard InChI is InChI=1S/C20H20ClF3N4S2/c1-12(2)19-28-27-17(30-19)11-29-15-5-3-13(4-6-15)7-8-25-18-16(21)9-14(10-26-18)20(22,23)24/h3-6,9-10,12H,7-8,11H2,1-2H3,(H,25,26). The van der Waals surface area contributed by atoms with E-state index >= 15 is 0 Å². The first-order valence-electron chi connectivity index (χ1n) is 9.23. The van der Waals surface area contributed by atoms with E-state index in [1.807, 2.05) is 24.3 Å². The molecule has 4 nitrogen and oxygen atoms in total. The minimum absolute atomic E-state index is 0.0473. The third-order valence-electron chi connectivity index (χ3n) is 4.14. The lowest BCUT2D eigenvalue weighted by Crippen LogP contribution is -2.09. The second-order valence-corrected chi connectivity index (χ2v) is 9.40. The molecule has 0 aliphatic carbocycles. The molecular weight excluding hydrogens is 453 g/mol. The molecule has 3 aromatic rings. The molecule has 1 N–H and O–H groups in total. The predicted molar refractivity (Wildman–Crippen MR) is 116 cm³/mol. The Labute approximate surface area is 186 Å². The first-order valence-corrected chi connectivity index (χ1v) is 11.4. The third kappa shape index (κ3) is 6.33. The largest absolute Gasteiger partial charge is 0.417 e. The first kappa shape index (κ1) is 22.8. The maximum atomic E-state index is 12.7. The van der Waals surface area contributed by atoms with Crippen molar-refractivity contribution >= 4 is 40.5 Å². The molecule has 0 radical (unpaired) electrons. The normalized spacial score (nSPS) is 11.8. The molecule has 0 saturated carbocycles. The van der Waals surface area contributed by atoms with Crippen LogP contribution in [-0.4, -0.2) is 21.7 Å². The Morgan fingerprint density at radius 2 is 1.90 bits per heavy atom. The molecule has 30 heavy (non-hydrogen) atoms. The highest BCUT2D eigenvalue weighted by atomic mass is 35.5. The number of nitrogens with one attached hydrogen (secondary N) is 1. The van der Waals surface area contributed by atoms with Gasteiger partial charge in [0.25, 0.3) is 0 Å². The Morgan fingerprint density at radius 1 is 1.17 bits per heavy atom. The summed E-state index contributed by atoms with van der Waals surface area (Å²) in [6, 6.07) is 9.05. The summed E-state index contributed by atoms with van der Waals surface area (Å²) in [6.45, 7) is 4.71. The van der Waals surface area contributed by atoms with Gasteiger partial charge in [-0.3, -0.25) is 0 Å². The summed E-state index contributed by atoms with van der Waals surface area (Å²) < 4.78 is 38.0. The maximum absolute atomic E-state index is 12.7. The number of anilines is 1. The van der Waals surface area contributed by atoms with Crippen LogP contribution in [-0.2, 0) is 18.3 Å². The van der Waals surface area contributed by atoms with Crippen LogP contribution in [0.1, 0.15) is 40.9 Å². The first-order chi connectivity index (χ1) is 14.2. The van der Waals surface area contributed by atoms with E-state index in [1.165, 1.54) is 0 Å². The van der Waals surface area contributed by atoms with Gasteiger partial charge < -0.3 is 5.32 Å². The second-order valence-electron chi connectivity index (χ2n) is 6.85. The van der Waals surface area contributed by atoms with Gasteiger partial charge >= 0.3 is 6.18 Å². The van der Waals surface area contributed by atoms with E-state index < -0.39 is 11.7 Å². The van der Waals surface area contributed by atoms with Crippen LogP contribution < -0.4 is 5.32 Å². The fourth-order valence-corrected chi connectivity index (χ4v) is 4.47. The van der Waals surface area contributed by atoms with Crippen LogP contribution in [0.2, 0.25) is 5.02 Å². The van der Waals surface area contributed by atoms with Crippen molar-refractivity contribution in [3.8, 4) is 0 Å². The highest BCUT2D eigenvalue weighted by Crippen LogP contribution is 2.32. The molecule has 0 spiro atoms. The van der Waals surface area contributed by atoms with E-state index in [4.69, 9.17) is 11.6 Å². The average Bonchev–Trinajstić information content (AvgIpc) is 3.17. The monoisotopic (exact) mass is 472 g/mol. The van der Waals surface area contributed by atoms with Gasteiger partial charge in [-0.25, -0.2) is 4.98 Å². The van der Waals surface area contributed by atoms with Crippen molar-refractivity contribution in [3.63, 3.8) is 0 Å². The zero-order valence-electron chi connectivity index (χ0n) is 16.3. The molecule has 1 aromatic carbocycles. The van der Waals surface area contributed by atoms with Crippen LogP contribution in [0.25, 0.3) is 0 Å². The van der Waals surface area contributed by atoms with E-state index in [0.717, 1.165) is 38.5 Å². The van der Waals surface area contributed by atoms with Gasteiger partial charge in [-0.05, 0) is 30.2 Å². The number of hydrogen-bond donors (Lipinski definition) is 1. The summed E-state index contributed by atoms with van der Waals surface area (Å²) in [5.74, 6) is 1.42. The number of aromatic nitrogens is 3. The van der Waals surface area contributed by atoms with Crippen molar-refractivity contribution in [1.29, 1.82) is 0 Å². The van der Waals surface area contributed by atoms with Gasteiger partial charge in [-0.2, -0.15) is 13.2 Å². The molecule has 0 saturated heterocycles. The minimum Gasteiger partial charge on any atom is -0.369 e. The van der Waals surface area contributed by atoms with Crippen LogP contribution in [0.4, 0.5) is 19.0 Å². The van der Waals surface area contributed by atoms with Gasteiger partial charge in [0, 0.05) is 23.6 Å². The number of benzene rings is 1. The molecule has 0 fully saturated rings. The van der Waals surface area contributed by atoms with Gasteiger partial charge in [0.1, 0.15) is 15.8 Å². The van der Waals surface area contributed by atoms with Crippen LogP contribution in [0.5, 0.6) is 0 Å². The molecule has 2 aromatic heterocycles. The lowest BCUT2D eigenvalue weighted by Gasteiger charge is -2.11. The number of halogens is 4. The van der Waals surface area contributed by atoms with Crippen LogP contribution in [0.3, 0.4) is 0 Å². The maximum Gasteiger partial charge on any atom is 0.417 e. The molecule has 0 aliphatic heterocycles. The lowest BCUT2D eigenvalue weighted by molar-refractivity contribution is -0.137. The van der Waals surface area contributed by atoms with Crippen molar-refractivity contribution in [1.82, 2.24) is 15.2 Å². The fraction of sp³-hybridized carbons (Fsp3) is 0.350. The quantitative estimate of drug-likeness (QED) is 0.371. The van der Waals surface area contributed by atoms with E-state index in [2.05, 4.69) is 34.3 Å². The zero-order chi connectivity index (χ0) is 21.7.